The van der Waals surface area contributed by atoms with Crippen LogP contribution in [-0.2, 0) is 9.59 Å². The lowest BCUT2D eigenvalue weighted by Crippen LogP contribution is -2.37. The van der Waals surface area contributed by atoms with E-state index in [1.165, 1.54) is 17.0 Å². The highest BCUT2D eigenvalue weighted by Gasteiger charge is 2.41. The molecule has 0 saturated carbocycles. The Bertz CT molecular complexity index is 1410. The lowest BCUT2D eigenvalue weighted by molar-refractivity contribution is -0.116. The van der Waals surface area contributed by atoms with E-state index in [1.54, 1.807) is 23.5 Å². The molecule has 1 aliphatic carbocycles. The quantitative estimate of drug-likeness (QED) is 0.356. The van der Waals surface area contributed by atoms with E-state index >= 15 is 0 Å². The molecule has 5 nitrogen and oxygen atoms in total. The summed E-state index contributed by atoms with van der Waals surface area (Å²) in [4.78, 5) is 30.9. The van der Waals surface area contributed by atoms with Gasteiger partial charge in [0.2, 0.25) is 0 Å². The zero-order valence-electron chi connectivity index (χ0n) is 21.9. The van der Waals surface area contributed by atoms with Crippen LogP contribution in [0.1, 0.15) is 55.9 Å². The maximum atomic E-state index is 13.8. The van der Waals surface area contributed by atoms with E-state index in [9.17, 15) is 14.0 Å². The van der Waals surface area contributed by atoms with Gasteiger partial charge in [-0.2, -0.15) is 0 Å². The van der Waals surface area contributed by atoms with E-state index in [0.717, 1.165) is 30.0 Å². The third-order valence-electron chi connectivity index (χ3n) is 7.46. The number of rotatable bonds is 7. The van der Waals surface area contributed by atoms with Gasteiger partial charge < -0.3 is 15.5 Å². The predicted molar refractivity (Wildman–Crippen MR) is 152 cm³/mol. The van der Waals surface area contributed by atoms with E-state index < -0.39 is 11.7 Å². The number of carbonyl (C=O) groups is 2. The number of nitrogens with one attached hydrogen (secondary N) is 2. The number of dihydropyridines is 1. The summed E-state index contributed by atoms with van der Waals surface area (Å²) in [6, 6.07) is 18.1. The summed E-state index contributed by atoms with van der Waals surface area (Å²) >= 11 is 1.67. The molecule has 2 aromatic carbocycles. The van der Waals surface area contributed by atoms with Crippen molar-refractivity contribution in [3.63, 3.8) is 0 Å². The maximum absolute atomic E-state index is 13.8. The summed E-state index contributed by atoms with van der Waals surface area (Å²) in [6.45, 7) is 7.89. The number of Topliss-reactive ketones (excluding diaryl/α,β-unsaturated/α-hetero) is 1. The second kappa shape index (κ2) is 11.0. The number of thiophene rings is 1. The van der Waals surface area contributed by atoms with Crippen LogP contribution in [0.25, 0.3) is 0 Å². The first kappa shape index (κ1) is 25.9. The summed E-state index contributed by atoms with van der Waals surface area (Å²) < 4.78 is 13.8. The molecule has 1 amide bonds. The molecule has 1 aromatic heterocycles. The van der Waals surface area contributed by atoms with Crippen molar-refractivity contribution in [1.29, 1.82) is 0 Å². The van der Waals surface area contributed by atoms with Gasteiger partial charge >= 0.3 is 0 Å². The number of amides is 1. The summed E-state index contributed by atoms with van der Waals surface area (Å²) in [7, 11) is 0. The minimum Gasteiger partial charge on any atom is -0.372 e. The molecular weight excluding hydrogens is 497 g/mol. The fourth-order valence-corrected chi connectivity index (χ4v) is 6.46. The van der Waals surface area contributed by atoms with Gasteiger partial charge in [0.15, 0.2) is 5.78 Å². The summed E-state index contributed by atoms with van der Waals surface area (Å²) in [5, 5.41) is 8.31. The van der Waals surface area contributed by atoms with Crippen molar-refractivity contribution in [3.05, 3.63) is 105 Å². The molecule has 0 fully saturated rings. The Hall–Kier alpha value is -3.71. The first-order valence-electron chi connectivity index (χ1n) is 13.1. The monoisotopic (exact) mass is 529 g/mol. The zero-order valence-corrected chi connectivity index (χ0v) is 22.7. The molecule has 2 heterocycles. The number of allylic oxidation sites excluding steroid dienone is 3. The number of nitrogens with zero attached hydrogens (tertiary/aromatic N) is 1. The Morgan fingerprint density at radius 1 is 1.08 bits per heavy atom. The highest BCUT2D eigenvalue weighted by Crippen LogP contribution is 2.46. The van der Waals surface area contributed by atoms with Gasteiger partial charge in [-0.25, -0.2) is 4.39 Å². The van der Waals surface area contributed by atoms with Crippen LogP contribution in [-0.4, -0.2) is 24.8 Å². The molecule has 2 N–H and O–H groups in total. The van der Waals surface area contributed by atoms with Crippen LogP contribution in [0, 0.1) is 5.82 Å². The lowest BCUT2D eigenvalue weighted by atomic mass is 9.72. The second-order valence-corrected chi connectivity index (χ2v) is 10.7. The summed E-state index contributed by atoms with van der Waals surface area (Å²) in [5.74, 6) is -1.11. The summed E-state index contributed by atoms with van der Waals surface area (Å²) in [6.07, 6.45) is 1.12. The summed E-state index contributed by atoms with van der Waals surface area (Å²) in [5.41, 5.74) is 5.09. The van der Waals surface area contributed by atoms with Crippen molar-refractivity contribution in [2.75, 3.05) is 23.3 Å². The SMILES string of the molecule is CCN(CC)c1ccc([C@H]2C(C(=O)Nc3cccc(F)c3)=C(C)NC3=C2C(=O)C[C@@H](c2cccs2)C3)cc1. The van der Waals surface area contributed by atoms with E-state index in [1.807, 2.05) is 30.5 Å². The Morgan fingerprint density at radius 3 is 2.50 bits per heavy atom. The van der Waals surface area contributed by atoms with E-state index in [2.05, 4.69) is 47.6 Å². The van der Waals surface area contributed by atoms with Gasteiger partial charge in [0.25, 0.3) is 5.91 Å². The minimum absolute atomic E-state index is 0.0542. The molecule has 5 rings (SSSR count). The van der Waals surface area contributed by atoms with Gasteiger partial charge in [0.05, 0.1) is 0 Å². The van der Waals surface area contributed by atoms with E-state index in [4.69, 9.17) is 0 Å². The molecule has 38 heavy (non-hydrogen) atoms. The van der Waals surface area contributed by atoms with Gasteiger partial charge in [-0.05, 0) is 74.5 Å². The van der Waals surface area contributed by atoms with Crippen LogP contribution >= 0.6 is 11.3 Å². The van der Waals surface area contributed by atoms with Crippen molar-refractivity contribution in [1.82, 2.24) is 5.32 Å². The van der Waals surface area contributed by atoms with Crippen LogP contribution in [0.15, 0.2) is 88.6 Å². The van der Waals surface area contributed by atoms with Crippen LogP contribution in [0.2, 0.25) is 0 Å². The largest absolute Gasteiger partial charge is 0.372 e. The van der Waals surface area contributed by atoms with Crippen molar-refractivity contribution >= 4 is 34.4 Å². The Kier molecular flexibility index (Phi) is 7.47. The molecule has 0 spiro atoms. The van der Waals surface area contributed by atoms with Crippen LogP contribution in [0.3, 0.4) is 0 Å². The topological polar surface area (TPSA) is 61.4 Å². The van der Waals surface area contributed by atoms with Crippen molar-refractivity contribution in [2.45, 2.75) is 45.4 Å². The normalized spacial score (nSPS) is 19.2. The molecule has 7 heteroatoms. The van der Waals surface area contributed by atoms with Gasteiger partial charge in [-0.15, -0.1) is 11.3 Å². The highest BCUT2D eigenvalue weighted by atomic mass is 32.1. The molecule has 1 aliphatic heterocycles. The van der Waals surface area contributed by atoms with Crippen molar-refractivity contribution in [2.24, 2.45) is 0 Å². The highest BCUT2D eigenvalue weighted by molar-refractivity contribution is 7.10. The average molecular weight is 530 g/mol. The average Bonchev–Trinajstić information content (AvgIpc) is 3.44. The minimum atomic E-state index is -0.512. The number of halogens is 1. The van der Waals surface area contributed by atoms with Gasteiger partial charge in [-0.3, -0.25) is 9.59 Å². The third kappa shape index (κ3) is 5.03. The Labute approximate surface area is 227 Å². The lowest BCUT2D eigenvalue weighted by Gasteiger charge is -2.37. The molecule has 0 radical (unpaired) electrons. The van der Waals surface area contributed by atoms with Crippen LogP contribution in [0.5, 0.6) is 0 Å². The zero-order chi connectivity index (χ0) is 26.8. The fourth-order valence-electron chi connectivity index (χ4n) is 5.63. The second-order valence-electron chi connectivity index (χ2n) is 9.76. The van der Waals surface area contributed by atoms with Gasteiger partial charge in [0, 0.05) is 70.1 Å². The number of hydrogen-bond donors (Lipinski definition) is 2. The molecule has 3 aromatic rings. The number of anilines is 2. The number of carbonyl (C=O) groups excluding carboxylic acids is 2. The van der Waals surface area contributed by atoms with Gasteiger partial charge in [-0.1, -0.05) is 24.3 Å². The van der Waals surface area contributed by atoms with Crippen molar-refractivity contribution < 1.29 is 14.0 Å². The predicted octanol–water partition coefficient (Wildman–Crippen LogP) is 6.73. The standard InChI is InChI=1S/C31H32FN3O2S/c1-4-35(5-2)24-13-11-20(12-14-24)29-28(31(37)34-23-9-6-8-22(32)18-23)19(3)33-25-16-21(17-26(36)30(25)29)27-10-7-15-38-27/h6-15,18,21,29,33H,4-5,16-17H2,1-3H3,(H,34,37)/t21-,29-/m0/s1. The molecule has 2 aliphatic rings. The number of hydrogen-bond acceptors (Lipinski definition) is 5. The first-order chi connectivity index (χ1) is 18.4. The molecule has 196 valence electrons. The van der Waals surface area contributed by atoms with Crippen LogP contribution < -0.4 is 15.5 Å². The van der Waals surface area contributed by atoms with Gasteiger partial charge in [0.1, 0.15) is 5.82 Å². The van der Waals surface area contributed by atoms with Crippen molar-refractivity contribution in [3.8, 4) is 0 Å². The molecule has 0 bridgehead atoms. The smallest absolute Gasteiger partial charge is 0.254 e. The Balaban J connectivity index is 1.56. The van der Waals surface area contributed by atoms with E-state index in [-0.39, 0.29) is 17.6 Å². The first-order valence-corrected chi connectivity index (χ1v) is 14.0. The number of benzene rings is 2. The maximum Gasteiger partial charge on any atom is 0.254 e. The number of ketones is 1. The molecule has 0 unspecified atom stereocenters. The Morgan fingerprint density at radius 2 is 1.84 bits per heavy atom. The van der Waals surface area contributed by atoms with Crippen LogP contribution in [0.4, 0.5) is 15.8 Å². The van der Waals surface area contributed by atoms with E-state index in [0.29, 0.717) is 35.4 Å². The fraction of sp³-hybridized carbons (Fsp3) is 0.290. The molecule has 0 saturated heterocycles. The molecular formula is C31H32FN3O2S. The molecule has 2 atom stereocenters. The third-order valence-corrected chi connectivity index (χ3v) is 8.49.